The molecule has 1 aliphatic carbocycles. The minimum atomic E-state index is -0.945. The molecule has 3 atom stereocenters. The number of hydrogen-bond donors (Lipinski definition) is 3. The number of hydrogen-bond acceptors (Lipinski definition) is 3. The summed E-state index contributed by atoms with van der Waals surface area (Å²) in [4.78, 5) is 35.9. The molecule has 29 heavy (non-hydrogen) atoms. The zero-order valence-electron chi connectivity index (χ0n) is 16.6. The summed E-state index contributed by atoms with van der Waals surface area (Å²) < 4.78 is 0. The molecule has 2 aromatic carbocycles. The van der Waals surface area contributed by atoms with E-state index in [0.29, 0.717) is 23.6 Å². The van der Waals surface area contributed by atoms with Gasteiger partial charge in [-0.25, -0.2) is 0 Å². The molecular weight excluding hydrogens is 368 g/mol. The first-order chi connectivity index (χ1) is 13.8. The van der Waals surface area contributed by atoms with Gasteiger partial charge in [0.2, 0.25) is 5.91 Å². The molecule has 3 N–H and O–H groups in total. The van der Waals surface area contributed by atoms with Gasteiger partial charge in [0.05, 0.1) is 5.92 Å². The van der Waals surface area contributed by atoms with Crippen LogP contribution in [0.15, 0.2) is 48.5 Å². The molecule has 0 aliphatic heterocycles. The SMILES string of the molecule is Cc1cccc(CC(CNC(=O)c2ccc(NC(=O)C3CC3C)cc2)C(=O)O)c1. The Morgan fingerprint density at radius 2 is 1.83 bits per heavy atom. The van der Waals surface area contributed by atoms with Gasteiger partial charge >= 0.3 is 5.97 Å². The van der Waals surface area contributed by atoms with E-state index in [-0.39, 0.29) is 24.3 Å². The van der Waals surface area contributed by atoms with Crippen molar-refractivity contribution >= 4 is 23.5 Å². The molecule has 0 spiro atoms. The Kier molecular flexibility index (Phi) is 6.32. The van der Waals surface area contributed by atoms with Crippen molar-refractivity contribution in [3.63, 3.8) is 0 Å². The number of rotatable bonds is 8. The topological polar surface area (TPSA) is 95.5 Å². The van der Waals surface area contributed by atoms with Crippen LogP contribution >= 0.6 is 0 Å². The molecule has 6 nitrogen and oxygen atoms in total. The van der Waals surface area contributed by atoms with E-state index in [1.54, 1.807) is 24.3 Å². The van der Waals surface area contributed by atoms with Crippen LogP contribution in [0.3, 0.4) is 0 Å². The maximum atomic E-state index is 12.4. The average Bonchev–Trinajstić information content (AvgIpc) is 3.42. The normalized spacial score (nSPS) is 18.6. The molecule has 3 unspecified atom stereocenters. The molecule has 152 valence electrons. The number of nitrogens with one attached hydrogen (secondary N) is 2. The van der Waals surface area contributed by atoms with E-state index in [9.17, 15) is 19.5 Å². The van der Waals surface area contributed by atoms with Crippen LogP contribution in [0.2, 0.25) is 0 Å². The summed E-state index contributed by atoms with van der Waals surface area (Å²) in [5.74, 6) is -1.47. The lowest BCUT2D eigenvalue weighted by Crippen LogP contribution is -2.34. The molecular formula is C23H26N2O4. The Morgan fingerprint density at radius 3 is 2.41 bits per heavy atom. The summed E-state index contributed by atoms with van der Waals surface area (Å²) in [6.07, 6.45) is 1.27. The van der Waals surface area contributed by atoms with Gasteiger partial charge in [-0.05, 0) is 55.5 Å². The Balaban J connectivity index is 1.54. The van der Waals surface area contributed by atoms with E-state index >= 15 is 0 Å². The van der Waals surface area contributed by atoms with Crippen molar-refractivity contribution < 1.29 is 19.5 Å². The molecule has 1 saturated carbocycles. The van der Waals surface area contributed by atoms with Crippen LogP contribution in [0.1, 0.15) is 34.8 Å². The predicted octanol–water partition coefficient (Wildman–Crippen LogP) is 3.26. The van der Waals surface area contributed by atoms with Gasteiger partial charge in [0, 0.05) is 23.7 Å². The first-order valence-electron chi connectivity index (χ1n) is 9.81. The second kappa shape index (κ2) is 8.90. The number of benzene rings is 2. The first-order valence-corrected chi connectivity index (χ1v) is 9.81. The van der Waals surface area contributed by atoms with Crippen LogP contribution in [0.4, 0.5) is 5.69 Å². The van der Waals surface area contributed by atoms with Gasteiger partial charge in [-0.3, -0.25) is 14.4 Å². The first kappa shape index (κ1) is 20.6. The van der Waals surface area contributed by atoms with Gasteiger partial charge in [0.15, 0.2) is 0 Å². The Labute approximate surface area is 170 Å². The molecule has 0 radical (unpaired) electrons. The molecule has 2 amide bonds. The third-order valence-electron chi connectivity index (χ3n) is 5.28. The zero-order valence-corrected chi connectivity index (χ0v) is 16.6. The predicted molar refractivity (Wildman–Crippen MR) is 111 cm³/mol. The molecule has 3 rings (SSSR count). The largest absolute Gasteiger partial charge is 0.481 e. The van der Waals surface area contributed by atoms with E-state index in [1.807, 2.05) is 38.1 Å². The molecule has 0 saturated heterocycles. The molecule has 0 bridgehead atoms. The fourth-order valence-electron chi connectivity index (χ4n) is 3.32. The van der Waals surface area contributed by atoms with E-state index in [0.717, 1.165) is 17.5 Å². The molecule has 0 aromatic heterocycles. The van der Waals surface area contributed by atoms with E-state index in [4.69, 9.17) is 0 Å². The summed E-state index contributed by atoms with van der Waals surface area (Å²) in [6, 6.07) is 14.3. The lowest BCUT2D eigenvalue weighted by molar-refractivity contribution is -0.141. The molecule has 1 fully saturated rings. The quantitative estimate of drug-likeness (QED) is 0.640. The smallest absolute Gasteiger partial charge is 0.308 e. The van der Waals surface area contributed by atoms with Crippen molar-refractivity contribution in [2.75, 3.05) is 11.9 Å². The highest BCUT2D eigenvalue weighted by Crippen LogP contribution is 2.38. The van der Waals surface area contributed by atoms with Gasteiger partial charge < -0.3 is 15.7 Å². The third-order valence-corrected chi connectivity index (χ3v) is 5.28. The van der Waals surface area contributed by atoms with E-state index in [1.165, 1.54) is 0 Å². The standard InChI is InChI=1S/C23H26N2O4/c1-14-4-3-5-16(10-14)12-18(23(28)29)13-24-21(26)17-6-8-19(9-7-17)25-22(27)20-11-15(20)2/h3-10,15,18,20H,11-13H2,1-2H3,(H,24,26)(H,25,27)(H,28,29). The molecule has 6 heteroatoms. The van der Waals surface area contributed by atoms with Crippen molar-refractivity contribution in [3.8, 4) is 0 Å². The lowest BCUT2D eigenvalue weighted by atomic mass is 9.98. The minimum absolute atomic E-state index is 0.00940. The number of aryl methyl sites for hydroxylation is 1. The monoisotopic (exact) mass is 394 g/mol. The van der Waals surface area contributed by atoms with Crippen molar-refractivity contribution in [3.05, 3.63) is 65.2 Å². The number of anilines is 1. The third kappa shape index (κ3) is 5.67. The minimum Gasteiger partial charge on any atom is -0.481 e. The van der Waals surface area contributed by atoms with Crippen LogP contribution in [0.25, 0.3) is 0 Å². The van der Waals surface area contributed by atoms with Crippen LogP contribution in [0, 0.1) is 24.7 Å². The lowest BCUT2D eigenvalue weighted by Gasteiger charge is -2.14. The number of aliphatic carboxylic acids is 1. The van der Waals surface area contributed by atoms with E-state index in [2.05, 4.69) is 10.6 Å². The van der Waals surface area contributed by atoms with Crippen molar-refractivity contribution in [1.29, 1.82) is 0 Å². The van der Waals surface area contributed by atoms with Gasteiger partial charge in [-0.1, -0.05) is 36.8 Å². The summed E-state index contributed by atoms with van der Waals surface area (Å²) in [6.45, 7) is 4.04. The molecule has 1 aliphatic rings. The highest BCUT2D eigenvalue weighted by Gasteiger charge is 2.39. The van der Waals surface area contributed by atoms with Gasteiger partial charge in [0.25, 0.3) is 5.91 Å². The maximum absolute atomic E-state index is 12.4. The van der Waals surface area contributed by atoms with Crippen LogP contribution < -0.4 is 10.6 Å². The summed E-state index contributed by atoms with van der Waals surface area (Å²) in [5.41, 5.74) is 3.06. The fourth-order valence-corrected chi connectivity index (χ4v) is 3.32. The highest BCUT2D eigenvalue weighted by atomic mass is 16.4. The van der Waals surface area contributed by atoms with Crippen LogP contribution in [-0.2, 0) is 16.0 Å². The van der Waals surface area contributed by atoms with Crippen molar-refractivity contribution in [2.45, 2.75) is 26.7 Å². The number of amides is 2. The van der Waals surface area contributed by atoms with Gasteiger partial charge in [0.1, 0.15) is 0 Å². The Hall–Kier alpha value is -3.15. The molecule has 0 heterocycles. The van der Waals surface area contributed by atoms with E-state index < -0.39 is 11.9 Å². The summed E-state index contributed by atoms with van der Waals surface area (Å²) >= 11 is 0. The number of carbonyl (C=O) groups excluding carboxylic acids is 2. The number of carboxylic acid groups (broad SMARTS) is 1. The average molecular weight is 394 g/mol. The number of carbonyl (C=O) groups is 3. The van der Waals surface area contributed by atoms with Crippen LogP contribution in [-0.4, -0.2) is 29.4 Å². The molecule has 2 aromatic rings. The van der Waals surface area contributed by atoms with Crippen molar-refractivity contribution in [1.82, 2.24) is 5.32 Å². The second-order valence-electron chi connectivity index (χ2n) is 7.82. The Morgan fingerprint density at radius 1 is 1.14 bits per heavy atom. The maximum Gasteiger partial charge on any atom is 0.308 e. The zero-order chi connectivity index (χ0) is 21.0. The highest BCUT2D eigenvalue weighted by molar-refractivity contribution is 5.97. The second-order valence-corrected chi connectivity index (χ2v) is 7.82. The van der Waals surface area contributed by atoms with Crippen LogP contribution in [0.5, 0.6) is 0 Å². The van der Waals surface area contributed by atoms with Crippen molar-refractivity contribution in [2.24, 2.45) is 17.8 Å². The Bertz CT molecular complexity index is 907. The number of carboxylic acids is 1. The summed E-state index contributed by atoms with van der Waals surface area (Å²) in [5, 5.41) is 15.0. The van der Waals surface area contributed by atoms with Gasteiger partial charge in [-0.15, -0.1) is 0 Å². The van der Waals surface area contributed by atoms with Gasteiger partial charge in [-0.2, -0.15) is 0 Å². The fraction of sp³-hybridized carbons (Fsp3) is 0.348. The summed E-state index contributed by atoms with van der Waals surface area (Å²) in [7, 11) is 0.